The van der Waals surface area contributed by atoms with Crippen molar-refractivity contribution in [2.75, 3.05) is 31.1 Å². The van der Waals surface area contributed by atoms with Gasteiger partial charge < -0.3 is 10.0 Å². The molecule has 4 rings (SSSR count). The molecule has 0 aromatic heterocycles. The Labute approximate surface area is 153 Å². The van der Waals surface area contributed by atoms with Gasteiger partial charge in [-0.1, -0.05) is 36.4 Å². The highest BCUT2D eigenvalue weighted by atomic mass is 16.3. The Morgan fingerprint density at radius 1 is 1.15 bits per heavy atom. The van der Waals surface area contributed by atoms with E-state index in [2.05, 4.69) is 11.0 Å². The van der Waals surface area contributed by atoms with E-state index in [4.69, 9.17) is 0 Å². The lowest BCUT2D eigenvalue weighted by molar-refractivity contribution is -0.122. The van der Waals surface area contributed by atoms with Crippen LogP contribution in [0.5, 0.6) is 0 Å². The molecule has 1 fully saturated rings. The third-order valence-corrected chi connectivity index (χ3v) is 5.57. The van der Waals surface area contributed by atoms with E-state index < -0.39 is 5.41 Å². The third-order valence-electron chi connectivity index (χ3n) is 5.57. The van der Waals surface area contributed by atoms with Crippen molar-refractivity contribution in [1.29, 1.82) is 5.26 Å². The molecule has 2 aliphatic rings. The molecule has 2 aromatic carbocycles. The molecule has 0 radical (unpaired) electrons. The van der Waals surface area contributed by atoms with Crippen LogP contribution in [0, 0.1) is 11.3 Å². The number of amides is 1. The predicted molar refractivity (Wildman–Crippen MR) is 98.6 cm³/mol. The van der Waals surface area contributed by atoms with Crippen molar-refractivity contribution in [2.24, 2.45) is 0 Å². The highest BCUT2D eigenvalue weighted by molar-refractivity contribution is 6.08. The number of carbonyl (C=O) groups excluding carboxylic acids is 1. The number of likely N-dealkylation sites (tertiary alicyclic amines) is 1. The second-order valence-electron chi connectivity index (χ2n) is 7.01. The molecule has 2 aromatic rings. The third kappa shape index (κ3) is 2.50. The Bertz CT molecular complexity index is 889. The van der Waals surface area contributed by atoms with Crippen molar-refractivity contribution in [2.45, 2.75) is 18.4 Å². The number of nitrogens with zero attached hydrogens (tertiary/aromatic N) is 3. The fourth-order valence-electron chi connectivity index (χ4n) is 4.34. The van der Waals surface area contributed by atoms with Gasteiger partial charge in [0.15, 0.2) is 0 Å². The molecule has 5 nitrogen and oxygen atoms in total. The molecule has 0 bridgehead atoms. The minimum atomic E-state index is -0.534. The van der Waals surface area contributed by atoms with Crippen LogP contribution < -0.4 is 4.90 Å². The van der Waals surface area contributed by atoms with Gasteiger partial charge in [0.2, 0.25) is 5.91 Å². The number of aliphatic hydroxyl groups excluding tert-OH is 1. The molecule has 1 spiro atoms. The van der Waals surface area contributed by atoms with Gasteiger partial charge in [0.05, 0.1) is 23.7 Å². The summed E-state index contributed by atoms with van der Waals surface area (Å²) in [5, 5.41) is 18.7. The number of benzene rings is 2. The number of fused-ring (bicyclic) bond motifs is 2. The van der Waals surface area contributed by atoms with Gasteiger partial charge in [0.25, 0.3) is 0 Å². The molecular formula is C21H21N3O2. The minimum absolute atomic E-state index is 0.0462. The lowest BCUT2D eigenvalue weighted by atomic mass is 9.81. The van der Waals surface area contributed by atoms with Gasteiger partial charge in [-0.05, 0) is 36.2 Å². The van der Waals surface area contributed by atoms with Crippen LogP contribution in [0.25, 0.3) is 0 Å². The summed E-state index contributed by atoms with van der Waals surface area (Å²) in [4.78, 5) is 17.2. The average Bonchev–Trinajstić information content (AvgIpc) is 3.19. The Morgan fingerprint density at radius 2 is 1.92 bits per heavy atom. The SMILES string of the molecule is N#Cc1ccccc1CN1CCC2(C1)C(=O)N(CCO)c1ccccc12. The van der Waals surface area contributed by atoms with Crippen molar-refractivity contribution in [3.8, 4) is 6.07 Å². The van der Waals surface area contributed by atoms with E-state index in [1.54, 1.807) is 4.90 Å². The number of hydrogen-bond donors (Lipinski definition) is 1. The van der Waals surface area contributed by atoms with Gasteiger partial charge in [-0.3, -0.25) is 9.69 Å². The first-order chi connectivity index (χ1) is 12.7. The summed E-state index contributed by atoms with van der Waals surface area (Å²) in [6, 6.07) is 17.8. The maximum absolute atomic E-state index is 13.2. The first-order valence-electron chi connectivity index (χ1n) is 8.92. The van der Waals surface area contributed by atoms with Crippen LogP contribution in [0.15, 0.2) is 48.5 Å². The summed E-state index contributed by atoms with van der Waals surface area (Å²) < 4.78 is 0. The molecule has 1 atom stereocenters. The van der Waals surface area contributed by atoms with E-state index in [-0.39, 0.29) is 12.5 Å². The number of carbonyl (C=O) groups is 1. The number of aliphatic hydroxyl groups is 1. The Balaban J connectivity index is 1.63. The van der Waals surface area contributed by atoms with Crippen LogP contribution in [0.3, 0.4) is 0 Å². The smallest absolute Gasteiger partial charge is 0.239 e. The lowest BCUT2D eigenvalue weighted by Gasteiger charge is -2.24. The molecule has 1 unspecified atom stereocenters. The first-order valence-corrected chi connectivity index (χ1v) is 8.92. The summed E-state index contributed by atoms with van der Waals surface area (Å²) >= 11 is 0. The van der Waals surface area contributed by atoms with Crippen LogP contribution in [-0.4, -0.2) is 42.2 Å². The number of rotatable bonds is 4. The lowest BCUT2D eigenvalue weighted by Crippen LogP contribution is -2.43. The molecule has 2 aliphatic heterocycles. The summed E-state index contributed by atoms with van der Waals surface area (Å²) in [7, 11) is 0. The zero-order chi connectivity index (χ0) is 18.1. The van der Waals surface area contributed by atoms with Gasteiger partial charge in [-0.25, -0.2) is 0 Å². The van der Waals surface area contributed by atoms with E-state index in [9.17, 15) is 15.2 Å². The van der Waals surface area contributed by atoms with Crippen LogP contribution in [0.2, 0.25) is 0 Å². The van der Waals surface area contributed by atoms with Gasteiger partial charge in [0, 0.05) is 25.3 Å². The number of nitriles is 1. The zero-order valence-electron chi connectivity index (χ0n) is 14.6. The van der Waals surface area contributed by atoms with Gasteiger partial charge in [-0.2, -0.15) is 5.26 Å². The second kappa shape index (κ2) is 6.56. The van der Waals surface area contributed by atoms with E-state index in [0.717, 1.165) is 29.8 Å². The topological polar surface area (TPSA) is 67.6 Å². The molecular weight excluding hydrogens is 326 g/mol. The molecule has 26 heavy (non-hydrogen) atoms. The molecule has 1 amide bonds. The maximum atomic E-state index is 13.2. The van der Waals surface area contributed by atoms with Crippen LogP contribution in [0.1, 0.15) is 23.1 Å². The standard InChI is InChI=1S/C21H21N3O2/c22-13-16-5-1-2-6-17(16)14-23-10-9-21(15-23)18-7-3-4-8-19(18)24(11-12-25)20(21)26/h1-8,25H,9-12,14-15H2. The van der Waals surface area contributed by atoms with E-state index in [1.165, 1.54) is 0 Å². The van der Waals surface area contributed by atoms with Gasteiger partial charge in [0.1, 0.15) is 0 Å². The summed E-state index contributed by atoms with van der Waals surface area (Å²) in [5.41, 5.74) is 3.14. The van der Waals surface area contributed by atoms with E-state index in [0.29, 0.717) is 25.2 Å². The fraction of sp³-hybridized carbons (Fsp3) is 0.333. The Kier molecular flexibility index (Phi) is 4.23. The van der Waals surface area contributed by atoms with E-state index in [1.807, 2.05) is 48.5 Å². The molecule has 5 heteroatoms. The monoisotopic (exact) mass is 347 g/mol. The Hall–Kier alpha value is -2.68. The largest absolute Gasteiger partial charge is 0.395 e. The molecule has 132 valence electrons. The van der Waals surface area contributed by atoms with Crippen LogP contribution >= 0.6 is 0 Å². The second-order valence-corrected chi connectivity index (χ2v) is 7.01. The Morgan fingerprint density at radius 3 is 2.73 bits per heavy atom. The van der Waals surface area contributed by atoms with Crippen molar-refractivity contribution >= 4 is 11.6 Å². The van der Waals surface area contributed by atoms with Crippen molar-refractivity contribution in [3.05, 3.63) is 65.2 Å². The van der Waals surface area contributed by atoms with Gasteiger partial charge in [-0.15, -0.1) is 0 Å². The molecule has 2 heterocycles. The molecule has 1 saturated heterocycles. The van der Waals surface area contributed by atoms with Crippen LogP contribution in [-0.2, 0) is 16.8 Å². The van der Waals surface area contributed by atoms with E-state index >= 15 is 0 Å². The summed E-state index contributed by atoms with van der Waals surface area (Å²) in [6.45, 7) is 2.41. The summed E-state index contributed by atoms with van der Waals surface area (Å²) in [6.07, 6.45) is 0.763. The highest BCUT2D eigenvalue weighted by Gasteiger charge is 2.53. The fourth-order valence-corrected chi connectivity index (χ4v) is 4.34. The normalized spacial score (nSPS) is 22.0. The average molecular weight is 347 g/mol. The van der Waals surface area contributed by atoms with Crippen molar-refractivity contribution in [1.82, 2.24) is 4.90 Å². The quantitative estimate of drug-likeness (QED) is 0.919. The molecule has 1 N–H and O–H groups in total. The maximum Gasteiger partial charge on any atom is 0.239 e. The molecule has 0 aliphatic carbocycles. The van der Waals surface area contributed by atoms with Crippen LogP contribution in [0.4, 0.5) is 5.69 Å². The van der Waals surface area contributed by atoms with Crippen molar-refractivity contribution < 1.29 is 9.90 Å². The first kappa shape index (κ1) is 16.8. The zero-order valence-corrected chi connectivity index (χ0v) is 14.6. The molecule has 0 saturated carbocycles. The predicted octanol–water partition coefficient (Wildman–Crippen LogP) is 2.04. The minimum Gasteiger partial charge on any atom is -0.395 e. The number of β-amino-alcohol motifs (C(OH)–C–C–N with tert-alkyl or cyclic N) is 1. The summed E-state index contributed by atoms with van der Waals surface area (Å²) in [5.74, 6) is 0.0869. The number of anilines is 1. The number of hydrogen-bond acceptors (Lipinski definition) is 4. The number of para-hydroxylation sites is 1. The van der Waals surface area contributed by atoms with Gasteiger partial charge >= 0.3 is 0 Å². The highest BCUT2D eigenvalue weighted by Crippen LogP contribution is 2.47. The van der Waals surface area contributed by atoms with Crippen molar-refractivity contribution in [3.63, 3.8) is 0 Å².